The molecule has 0 atom stereocenters. The molecule has 1 heterocycles. The first kappa shape index (κ1) is 12.4. The molecule has 1 fully saturated rings. The summed E-state index contributed by atoms with van der Waals surface area (Å²) < 4.78 is 0. The van der Waals surface area contributed by atoms with Gasteiger partial charge in [-0.15, -0.1) is 0 Å². The second kappa shape index (κ2) is 4.67. The zero-order valence-corrected chi connectivity index (χ0v) is 9.83. The normalized spacial score (nSPS) is 18.1. The molecule has 1 saturated heterocycles. The van der Waals surface area contributed by atoms with E-state index in [2.05, 4.69) is 0 Å². The molecule has 2 N–H and O–H groups in total. The molecular formula is C13H14N2O3. The van der Waals surface area contributed by atoms with Gasteiger partial charge in [0.15, 0.2) is 0 Å². The van der Waals surface area contributed by atoms with Crippen LogP contribution in [0.25, 0.3) is 0 Å². The smallest absolute Gasteiger partial charge is 0.407 e. The highest BCUT2D eigenvalue weighted by atomic mass is 16.4. The number of likely N-dealkylation sites (tertiary alicyclic amines) is 1. The van der Waals surface area contributed by atoms with Gasteiger partial charge >= 0.3 is 6.09 Å². The minimum absolute atomic E-state index is 0.308. The molecule has 1 aliphatic heterocycles. The fraction of sp³-hybridized carbons (Fsp3) is 0.385. The predicted octanol–water partition coefficient (Wildman–Crippen LogP) is 1.52. The highest BCUT2D eigenvalue weighted by molar-refractivity contribution is 5.65. The molecule has 5 heteroatoms. The highest BCUT2D eigenvalue weighted by Gasteiger charge is 2.35. The summed E-state index contributed by atoms with van der Waals surface area (Å²) in [6, 6.07) is 8.88. The third-order valence-corrected chi connectivity index (χ3v) is 3.39. The molecule has 1 aromatic rings. The molecule has 2 rings (SSSR count). The Bertz CT molecular complexity index is 499. The Labute approximate surface area is 105 Å². The molecule has 0 aliphatic carbocycles. The van der Waals surface area contributed by atoms with Gasteiger partial charge in [-0.05, 0) is 30.5 Å². The minimum atomic E-state index is -1.03. The maximum absolute atomic E-state index is 10.8. The zero-order chi connectivity index (χ0) is 13.2. The lowest BCUT2D eigenvalue weighted by Gasteiger charge is -2.37. The molecule has 5 nitrogen and oxygen atoms in total. The van der Waals surface area contributed by atoms with E-state index in [-0.39, 0.29) is 0 Å². The van der Waals surface area contributed by atoms with Crippen molar-refractivity contribution in [3.05, 3.63) is 35.4 Å². The van der Waals surface area contributed by atoms with Crippen molar-refractivity contribution < 1.29 is 15.0 Å². The molecule has 18 heavy (non-hydrogen) atoms. The summed E-state index contributed by atoms with van der Waals surface area (Å²) in [5, 5.41) is 28.2. The van der Waals surface area contributed by atoms with Crippen molar-refractivity contribution in [2.45, 2.75) is 18.4 Å². The van der Waals surface area contributed by atoms with Gasteiger partial charge in [0.05, 0.1) is 17.2 Å². The van der Waals surface area contributed by atoms with Crippen LogP contribution in [0.1, 0.15) is 24.0 Å². The van der Waals surface area contributed by atoms with Crippen molar-refractivity contribution in [3.63, 3.8) is 0 Å². The van der Waals surface area contributed by atoms with Gasteiger partial charge < -0.3 is 15.1 Å². The average Bonchev–Trinajstić information content (AvgIpc) is 2.39. The fourth-order valence-corrected chi connectivity index (χ4v) is 2.23. The van der Waals surface area contributed by atoms with Crippen molar-refractivity contribution in [3.8, 4) is 6.07 Å². The van der Waals surface area contributed by atoms with E-state index < -0.39 is 11.7 Å². The van der Waals surface area contributed by atoms with Gasteiger partial charge in [-0.25, -0.2) is 4.79 Å². The topological polar surface area (TPSA) is 84.6 Å². The van der Waals surface area contributed by atoms with Crippen LogP contribution in [-0.4, -0.2) is 34.3 Å². The third kappa shape index (κ3) is 2.29. The summed E-state index contributed by atoms with van der Waals surface area (Å²) in [6.45, 7) is 0.616. The Morgan fingerprint density at radius 3 is 2.61 bits per heavy atom. The number of carboxylic acid groups (broad SMARTS) is 1. The summed E-state index contributed by atoms with van der Waals surface area (Å²) in [4.78, 5) is 12.1. The Kier molecular flexibility index (Phi) is 3.21. The number of amides is 1. The van der Waals surface area contributed by atoms with Crippen LogP contribution in [0.15, 0.2) is 24.3 Å². The minimum Gasteiger partial charge on any atom is -0.465 e. The van der Waals surface area contributed by atoms with Crippen LogP contribution in [0.2, 0.25) is 0 Å². The van der Waals surface area contributed by atoms with Crippen LogP contribution in [0.3, 0.4) is 0 Å². The third-order valence-electron chi connectivity index (χ3n) is 3.39. The van der Waals surface area contributed by atoms with Crippen LogP contribution >= 0.6 is 0 Å². The van der Waals surface area contributed by atoms with Crippen LogP contribution in [0.4, 0.5) is 4.79 Å². The van der Waals surface area contributed by atoms with E-state index in [1.165, 1.54) is 4.90 Å². The first-order valence-electron chi connectivity index (χ1n) is 5.76. The molecule has 0 aromatic heterocycles. The van der Waals surface area contributed by atoms with Gasteiger partial charge in [-0.1, -0.05) is 12.1 Å². The summed E-state index contributed by atoms with van der Waals surface area (Å²) in [7, 11) is 0. The van der Waals surface area contributed by atoms with Crippen LogP contribution < -0.4 is 0 Å². The lowest BCUT2D eigenvalue weighted by atomic mass is 9.84. The summed E-state index contributed by atoms with van der Waals surface area (Å²) in [5.74, 6) is 0. The number of nitrogens with zero attached hydrogens (tertiary/aromatic N) is 2. The molecule has 0 saturated carbocycles. The number of carbonyl (C=O) groups is 1. The van der Waals surface area contributed by atoms with Gasteiger partial charge in [-0.2, -0.15) is 5.26 Å². The maximum atomic E-state index is 10.8. The number of piperidine rings is 1. The van der Waals surface area contributed by atoms with E-state index in [0.29, 0.717) is 37.1 Å². The molecule has 94 valence electrons. The Hall–Kier alpha value is -2.06. The van der Waals surface area contributed by atoms with Crippen molar-refractivity contribution in [2.75, 3.05) is 13.1 Å². The van der Waals surface area contributed by atoms with Gasteiger partial charge in [0.25, 0.3) is 0 Å². The Balaban J connectivity index is 2.18. The predicted molar refractivity (Wildman–Crippen MR) is 63.9 cm³/mol. The number of rotatable bonds is 1. The number of nitriles is 1. The molecule has 0 radical (unpaired) electrons. The SMILES string of the molecule is N#Cc1cccc(C2(O)CCN(C(=O)O)CC2)c1. The van der Waals surface area contributed by atoms with Gasteiger partial charge in [-0.3, -0.25) is 0 Å². The molecule has 0 spiro atoms. The quantitative estimate of drug-likeness (QED) is 0.786. The highest BCUT2D eigenvalue weighted by Crippen LogP contribution is 2.33. The first-order valence-corrected chi connectivity index (χ1v) is 5.76. The van der Waals surface area contributed by atoms with Crippen LogP contribution in [0, 0.1) is 11.3 Å². The average molecular weight is 246 g/mol. The molecular weight excluding hydrogens is 232 g/mol. The zero-order valence-electron chi connectivity index (χ0n) is 9.83. The van der Waals surface area contributed by atoms with Gasteiger partial charge in [0.2, 0.25) is 0 Å². The van der Waals surface area contributed by atoms with Crippen LogP contribution in [-0.2, 0) is 5.60 Å². The second-order valence-electron chi connectivity index (χ2n) is 4.49. The lowest BCUT2D eigenvalue weighted by Crippen LogP contribution is -2.44. The summed E-state index contributed by atoms with van der Waals surface area (Å²) >= 11 is 0. The van der Waals surface area contributed by atoms with E-state index >= 15 is 0 Å². The van der Waals surface area contributed by atoms with Crippen molar-refractivity contribution in [1.29, 1.82) is 5.26 Å². The molecule has 1 amide bonds. The van der Waals surface area contributed by atoms with E-state index in [0.717, 1.165) is 0 Å². The van der Waals surface area contributed by atoms with Crippen molar-refractivity contribution >= 4 is 6.09 Å². The Morgan fingerprint density at radius 2 is 2.06 bits per heavy atom. The molecule has 0 unspecified atom stereocenters. The fourth-order valence-electron chi connectivity index (χ4n) is 2.23. The van der Waals surface area contributed by atoms with Gasteiger partial charge in [0.1, 0.15) is 0 Å². The molecule has 1 aliphatic rings. The number of hydrogen-bond acceptors (Lipinski definition) is 3. The number of hydrogen-bond donors (Lipinski definition) is 2. The molecule has 0 bridgehead atoms. The Morgan fingerprint density at radius 1 is 1.39 bits per heavy atom. The number of benzene rings is 1. The van der Waals surface area contributed by atoms with Gasteiger partial charge in [0, 0.05) is 13.1 Å². The van der Waals surface area contributed by atoms with E-state index in [4.69, 9.17) is 10.4 Å². The molecule has 1 aromatic carbocycles. The van der Waals surface area contributed by atoms with Crippen molar-refractivity contribution in [2.24, 2.45) is 0 Å². The van der Waals surface area contributed by atoms with E-state index in [1.807, 2.05) is 6.07 Å². The number of aliphatic hydroxyl groups is 1. The largest absolute Gasteiger partial charge is 0.465 e. The summed E-state index contributed by atoms with van der Waals surface area (Å²) in [5.41, 5.74) is 0.159. The standard InChI is InChI=1S/C13H14N2O3/c14-9-10-2-1-3-11(8-10)13(18)4-6-15(7-5-13)12(16)17/h1-3,8,18H,4-7H2,(H,16,17). The van der Waals surface area contributed by atoms with Crippen LogP contribution in [0.5, 0.6) is 0 Å². The van der Waals surface area contributed by atoms with E-state index in [1.54, 1.807) is 24.3 Å². The second-order valence-corrected chi connectivity index (χ2v) is 4.49. The monoisotopic (exact) mass is 246 g/mol. The van der Waals surface area contributed by atoms with Crippen molar-refractivity contribution in [1.82, 2.24) is 4.90 Å². The first-order chi connectivity index (χ1) is 8.55. The maximum Gasteiger partial charge on any atom is 0.407 e. The summed E-state index contributed by atoms with van der Waals surface area (Å²) in [6.07, 6.45) is -0.245. The lowest BCUT2D eigenvalue weighted by molar-refractivity contribution is -0.0213. The van der Waals surface area contributed by atoms with E-state index in [9.17, 15) is 9.90 Å².